The average Bonchev–Trinajstić information content (AvgIpc) is 2.98. The maximum absolute atomic E-state index is 12.2. The fraction of sp³-hybridized carbons (Fsp3) is 0.467. The van der Waals surface area contributed by atoms with Crippen LogP contribution in [0.15, 0.2) is 29.2 Å². The molecule has 2 unspecified atom stereocenters. The minimum Gasteiger partial charge on any atom is -0.480 e. The second-order valence-corrected chi connectivity index (χ2v) is 6.32. The van der Waals surface area contributed by atoms with E-state index in [1.165, 1.54) is 11.8 Å². The Morgan fingerprint density at radius 3 is 2.90 bits per heavy atom. The van der Waals surface area contributed by atoms with Crippen molar-refractivity contribution in [3.05, 3.63) is 29.8 Å². The Morgan fingerprint density at radius 2 is 2.24 bits per heavy atom. The van der Waals surface area contributed by atoms with Crippen LogP contribution in [0.2, 0.25) is 0 Å². The van der Waals surface area contributed by atoms with Crippen LogP contribution in [-0.2, 0) is 9.53 Å². The van der Waals surface area contributed by atoms with Crippen molar-refractivity contribution < 1.29 is 19.4 Å². The quantitative estimate of drug-likeness (QED) is 0.788. The lowest BCUT2D eigenvalue weighted by Crippen LogP contribution is -2.32. The van der Waals surface area contributed by atoms with Crippen molar-refractivity contribution in [3.63, 3.8) is 0 Å². The molecule has 0 spiro atoms. The Balaban J connectivity index is 2.00. The molecule has 1 aromatic carbocycles. The summed E-state index contributed by atoms with van der Waals surface area (Å²) in [5.74, 6) is -1.08. The number of carboxylic acids is 1. The highest BCUT2D eigenvalue weighted by molar-refractivity contribution is 8.00. The van der Waals surface area contributed by atoms with Crippen LogP contribution in [0.1, 0.15) is 30.1 Å². The zero-order valence-corrected chi connectivity index (χ0v) is 12.7. The van der Waals surface area contributed by atoms with Gasteiger partial charge in [-0.05, 0) is 31.9 Å². The molecule has 1 heterocycles. The topological polar surface area (TPSA) is 75.6 Å². The predicted octanol–water partition coefficient (Wildman–Crippen LogP) is 2.16. The molecule has 2 atom stereocenters. The molecular formula is C15H19NO4S. The molecule has 1 saturated heterocycles. The fourth-order valence-corrected chi connectivity index (χ4v) is 3.03. The summed E-state index contributed by atoms with van der Waals surface area (Å²) >= 11 is 1.17. The molecule has 6 heteroatoms. The third-order valence-electron chi connectivity index (χ3n) is 3.30. The van der Waals surface area contributed by atoms with Crippen molar-refractivity contribution in [1.82, 2.24) is 5.32 Å². The van der Waals surface area contributed by atoms with Gasteiger partial charge in [0.1, 0.15) is 5.25 Å². The van der Waals surface area contributed by atoms with E-state index >= 15 is 0 Å². The van der Waals surface area contributed by atoms with Gasteiger partial charge >= 0.3 is 5.97 Å². The highest BCUT2D eigenvalue weighted by Gasteiger charge is 2.20. The van der Waals surface area contributed by atoms with Gasteiger partial charge in [-0.15, -0.1) is 11.8 Å². The predicted molar refractivity (Wildman–Crippen MR) is 80.7 cm³/mol. The summed E-state index contributed by atoms with van der Waals surface area (Å²) in [6.07, 6.45) is 2.09. The summed E-state index contributed by atoms with van der Waals surface area (Å²) in [7, 11) is 0. The van der Waals surface area contributed by atoms with Gasteiger partial charge < -0.3 is 15.2 Å². The molecule has 1 fully saturated rings. The highest BCUT2D eigenvalue weighted by Crippen LogP contribution is 2.27. The molecule has 0 bridgehead atoms. The van der Waals surface area contributed by atoms with Gasteiger partial charge in [-0.2, -0.15) is 0 Å². The van der Waals surface area contributed by atoms with E-state index in [4.69, 9.17) is 9.84 Å². The van der Waals surface area contributed by atoms with Gasteiger partial charge in [0.15, 0.2) is 0 Å². The number of benzene rings is 1. The number of ether oxygens (including phenoxy) is 1. The van der Waals surface area contributed by atoms with E-state index in [2.05, 4.69) is 5.32 Å². The van der Waals surface area contributed by atoms with Gasteiger partial charge in [0.25, 0.3) is 5.91 Å². The maximum Gasteiger partial charge on any atom is 0.316 e. The standard InChI is InChI=1S/C15H19NO4S/c1-10(15(18)19)21-13-7-3-2-6-12(13)14(17)16-9-11-5-4-8-20-11/h2-3,6-7,10-11H,4-5,8-9H2,1H3,(H,16,17)(H,18,19). The molecule has 0 aliphatic carbocycles. The van der Waals surface area contributed by atoms with Crippen LogP contribution < -0.4 is 5.32 Å². The smallest absolute Gasteiger partial charge is 0.316 e. The molecule has 1 aromatic rings. The number of carbonyl (C=O) groups excluding carboxylic acids is 1. The van der Waals surface area contributed by atoms with E-state index in [0.29, 0.717) is 17.0 Å². The van der Waals surface area contributed by atoms with Gasteiger partial charge in [0.05, 0.1) is 11.7 Å². The number of carboxylic acid groups (broad SMARTS) is 1. The molecule has 0 radical (unpaired) electrons. The van der Waals surface area contributed by atoms with Crippen LogP contribution in [0.4, 0.5) is 0 Å². The second-order valence-electron chi connectivity index (χ2n) is 4.94. The van der Waals surface area contributed by atoms with E-state index in [9.17, 15) is 9.59 Å². The largest absolute Gasteiger partial charge is 0.480 e. The molecule has 2 rings (SSSR count). The first-order chi connectivity index (χ1) is 10.1. The van der Waals surface area contributed by atoms with Crippen LogP contribution >= 0.6 is 11.8 Å². The Kier molecular flexibility index (Phi) is 5.64. The Morgan fingerprint density at radius 1 is 1.48 bits per heavy atom. The van der Waals surface area contributed by atoms with Crippen molar-refractivity contribution in [2.45, 2.75) is 36.0 Å². The van der Waals surface area contributed by atoms with Gasteiger partial charge in [-0.3, -0.25) is 9.59 Å². The first-order valence-electron chi connectivity index (χ1n) is 6.96. The van der Waals surface area contributed by atoms with Crippen LogP contribution in [0.3, 0.4) is 0 Å². The van der Waals surface area contributed by atoms with Gasteiger partial charge in [-0.1, -0.05) is 12.1 Å². The lowest BCUT2D eigenvalue weighted by Gasteiger charge is -2.14. The minimum absolute atomic E-state index is 0.0895. The third-order valence-corrected chi connectivity index (χ3v) is 4.46. The van der Waals surface area contributed by atoms with E-state index in [-0.39, 0.29) is 12.0 Å². The Bertz CT molecular complexity index is 514. The first kappa shape index (κ1) is 15.9. The normalized spacial score (nSPS) is 19.2. The number of hydrogen-bond acceptors (Lipinski definition) is 4. The minimum atomic E-state index is -0.894. The summed E-state index contributed by atoms with van der Waals surface area (Å²) in [6, 6.07) is 7.05. The van der Waals surface area contributed by atoms with E-state index in [0.717, 1.165) is 19.4 Å². The van der Waals surface area contributed by atoms with Crippen molar-refractivity contribution in [2.24, 2.45) is 0 Å². The molecule has 5 nitrogen and oxygen atoms in total. The maximum atomic E-state index is 12.2. The zero-order chi connectivity index (χ0) is 15.2. The average molecular weight is 309 g/mol. The van der Waals surface area contributed by atoms with Gasteiger partial charge in [-0.25, -0.2) is 0 Å². The highest BCUT2D eigenvalue weighted by atomic mass is 32.2. The molecular weight excluding hydrogens is 290 g/mol. The fourth-order valence-electron chi connectivity index (χ4n) is 2.10. The monoisotopic (exact) mass is 309 g/mol. The SMILES string of the molecule is CC(Sc1ccccc1C(=O)NCC1CCCO1)C(=O)O. The number of hydrogen-bond donors (Lipinski definition) is 2. The number of thioether (sulfide) groups is 1. The Labute approximate surface area is 128 Å². The molecule has 1 amide bonds. The number of nitrogens with one attached hydrogen (secondary N) is 1. The molecule has 0 saturated carbocycles. The number of amides is 1. The number of carbonyl (C=O) groups is 2. The number of rotatable bonds is 6. The molecule has 21 heavy (non-hydrogen) atoms. The number of aliphatic carboxylic acids is 1. The second kappa shape index (κ2) is 7.47. The lowest BCUT2D eigenvalue weighted by atomic mass is 10.2. The molecule has 2 N–H and O–H groups in total. The summed E-state index contributed by atoms with van der Waals surface area (Å²) in [6.45, 7) is 2.85. The van der Waals surface area contributed by atoms with Gasteiger partial charge in [0.2, 0.25) is 0 Å². The van der Waals surface area contributed by atoms with Crippen LogP contribution in [0.25, 0.3) is 0 Å². The van der Waals surface area contributed by atoms with E-state index in [1.807, 2.05) is 0 Å². The summed E-state index contributed by atoms with van der Waals surface area (Å²) in [5.41, 5.74) is 0.508. The van der Waals surface area contributed by atoms with Gasteiger partial charge in [0, 0.05) is 18.0 Å². The molecule has 1 aliphatic heterocycles. The van der Waals surface area contributed by atoms with Crippen LogP contribution in [-0.4, -0.2) is 41.5 Å². The first-order valence-corrected chi connectivity index (χ1v) is 7.84. The summed E-state index contributed by atoms with van der Waals surface area (Å²) in [5, 5.41) is 11.2. The van der Waals surface area contributed by atoms with Crippen molar-refractivity contribution in [3.8, 4) is 0 Å². The summed E-state index contributed by atoms with van der Waals surface area (Å²) < 4.78 is 5.47. The third kappa shape index (κ3) is 4.47. The summed E-state index contributed by atoms with van der Waals surface area (Å²) in [4.78, 5) is 23.9. The molecule has 0 aromatic heterocycles. The molecule has 1 aliphatic rings. The van der Waals surface area contributed by atoms with Crippen LogP contribution in [0.5, 0.6) is 0 Å². The van der Waals surface area contributed by atoms with Crippen LogP contribution in [0, 0.1) is 0 Å². The lowest BCUT2D eigenvalue weighted by molar-refractivity contribution is -0.136. The van der Waals surface area contributed by atoms with E-state index < -0.39 is 11.2 Å². The van der Waals surface area contributed by atoms with Crippen molar-refractivity contribution in [1.29, 1.82) is 0 Å². The zero-order valence-electron chi connectivity index (χ0n) is 11.9. The van der Waals surface area contributed by atoms with Crippen molar-refractivity contribution in [2.75, 3.05) is 13.2 Å². The van der Waals surface area contributed by atoms with E-state index in [1.54, 1.807) is 31.2 Å². The van der Waals surface area contributed by atoms with Crippen molar-refractivity contribution >= 4 is 23.6 Å². The molecule has 114 valence electrons. The Hall–Kier alpha value is -1.53.